The third-order valence-corrected chi connectivity index (χ3v) is 3.58. The molecular formula is C15H18ClNO3. The van der Waals surface area contributed by atoms with Crippen molar-refractivity contribution in [3.05, 3.63) is 34.9 Å². The van der Waals surface area contributed by atoms with Gasteiger partial charge in [-0.05, 0) is 31.2 Å². The maximum Gasteiger partial charge on any atom is 0.223 e. The van der Waals surface area contributed by atoms with E-state index in [1.54, 1.807) is 29.2 Å². The first-order chi connectivity index (χ1) is 9.56. The van der Waals surface area contributed by atoms with Crippen molar-refractivity contribution >= 4 is 23.3 Å². The lowest BCUT2D eigenvalue weighted by atomic mass is 10.1. The van der Waals surface area contributed by atoms with Crippen LogP contribution in [0.2, 0.25) is 5.02 Å². The van der Waals surface area contributed by atoms with Gasteiger partial charge in [0, 0.05) is 36.5 Å². The van der Waals surface area contributed by atoms with E-state index in [1.807, 2.05) is 6.92 Å². The fraction of sp³-hybridized carbons (Fsp3) is 0.467. The van der Waals surface area contributed by atoms with Crippen LogP contribution in [0.15, 0.2) is 24.3 Å². The highest BCUT2D eigenvalue weighted by molar-refractivity contribution is 6.30. The summed E-state index contributed by atoms with van der Waals surface area (Å²) in [6.07, 6.45) is 0.542. The van der Waals surface area contributed by atoms with E-state index < -0.39 is 0 Å². The molecule has 1 fully saturated rings. The molecule has 1 aromatic rings. The number of ketones is 1. The first-order valence-electron chi connectivity index (χ1n) is 6.74. The molecule has 1 aromatic carbocycles. The molecule has 108 valence electrons. The van der Waals surface area contributed by atoms with E-state index in [0.29, 0.717) is 30.3 Å². The van der Waals surface area contributed by atoms with Gasteiger partial charge in [0.25, 0.3) is 0 Å². The fourth-order valence-corrected chi connectivity index (χ4v) is 2.33. The number of morpholine rings is 1. The van der Waals surface area contributed by atoms with Crippen molar-refractivity contribution in [1.82, 2.24) is 4.90 Å². The van der Waals surface area contributed by atoms with E-state index in [0.717, 1.165) is 0 Å². The first kappa shape index (κ1) is 15.0. The lowest BCUT2D eigenvalue weighted by molar-refractivity contribution is -0.138. The van der Waals surface area contributed by atoms with Gasteiger partial charge in [0.2, 0.25) is 5.91 Å². The minimum atomic E-state index is -0.0312. The third-order valence-electron chi connectivity index (χ3n) is 3.33. The van der Waals surface area contributed by atoms with E-state index in [2.05, 4.69) is 0 Å². The lowest BCUT2D eigenvalue weighted by Crippen LogP contribution is -2.44. The van der Waals surface area contributed by atoms with Crippen molar-refractivity contribution in [2.75, 3.05) is 19.7 Å². The highest BCUT2D eigenvalue weighted by atomic mass is 35.5. The smallest absolute Gasteiger partial charge is 0.223 e. The predicted molar refractivity (Wildman–Crippen MR) is 77.0 cm³/mol. The van der Waals surface area contributed by atoms with Crippen LogP contribution in [-0.4, -0.2) is 42.4 Å². The number of carbonyl (C=O) groups excluding carboxylic acids is 2. The quantitative estimate of drug-likeness (QED) is 0.802. The summed E-state index contributed by atoms with van der Waals surface area (Å²) >= 11 is 5.78. The zero-order valence-corrected chi connectivity index (χ0v) is 12.2. The zero-order chi connectivity index (χ0) is 14.5. The number of nitrogens with zero attached hydrogens (tertiary/aromatic N) is 1. The highest BCUT2D eigenvalue weighted by Crippen LogP contribution is 2.13. The molecule has 0 N–H and O–H groups in total. The first-order valence-corrected chi connectivity index (χ1v) is 7.12. The van der Waals surface area contributed by atoms with Gasteiger partial charge in [0.1, 0.15) is 0 Å². The van der Waals surface area contributed by atoms with Gasteiger partial charge in [-0.15, -0.1) is 0 Å². The standard InChI is InChI=1S/C15H18ClNO3/c1-11-10-17(8-9-20-11)15(19)7-6-14(18)12-2-4-13(16)5-3-12/h2-5,11H,6-10H2,1H3. The number of carbonyl (C=O) groups is 2. The SMILES string of the molecule is CC1CN(C(=O)CCC(=O)c2ccc(Cl)cc2)CCO1. The molecule has 1 amide bonds. The number of rotatable bonds is 4. The average molecular weight is 296 g/mol. The van der Waals surface area contributed by atoms with Crippen LogP contribution in [0.5, 0.6) is 0 Å². The van der Waals surface area contributed by atoms with Crippen molar-refractivity contribution in [3.8, 4) is 0 Å². The van der Waals surface area contributed by atoms with E-state index in [4.69, 9.17) is 16.3 Å². The third kappa shape index (κ3) is 4.05. The summed E-state index contributed by atoms with van der Waals surface area (Å²) in [5.41, 5.74) is 0.595. The molecule has 1 atom stereocenters. The van der Waals surface area contributed by atoms with Gasteiger partial charge in [-0.3, -0.25) is 9.59 Å². The van der Waals surface area contributed by atoms with Crippen molar-refractivity contribution < 1.29 is 14.3 Å². The maximum atomic E-state index is 12.0. The summed E-state index contributed by atoms with van der Waals surface area (Å²) in [5, 5.41) is 0.597. The predicted octanol–water partition coefficient (Wildman–Crippen LogP) is 2.55. The van der Waals surface area contributed by atoms with Crippen LogP contribution in [0.4, 0.5) is 0 Å². The molecule has 1 saturated heterocycles. The van der Waals surface area contributed by atoms with Crippen LogP contribution in [0.3, 0.4) is 0 Å². The Bertz CT molecular complexity index is 486. The average Bonchev–Trinajstić information content (AvgIpc) is 2.45. The Kier molecular flexibility index (Phi) is 5.15. The Morgan fingerprint density at radius 2 is 2.00 bits per heavy atom. The van der Waals surface area contributed by atoms with Crippen molar-refractivity contribution in [2.45, 2.75) is 25.9 Å². The summed E-state index contributed by atoms with van der Waals surface area (Å²) < 4.78 is 5.39. The number of amides is 1. The minimum Gasteiger partial charge on any atom is -0.375 e. The number of ether oxygens (including phenoxy) is 1. The van der Waals surface area contributed by atoms with Crippen LogP contribution in [0.1, 0.15) is 30.1 Å². The Morgan fingerprint density at radius 3 is 2.65 bits per heavy atom. The Balaban J connectivity index is 1.83. The highest BCUT2D eigenvalue weighted by Gasteiger charge is 2.21. The second-order valence-corrected chi connectivity index (χ2v) is 5.39. The molecule has 1 unspecified atom stereocenters. The number of hydrogen-bond acceptors (Lipinski definition) is 3. The number of halogens is 1. The van der Waals surface area contributed by atoms with Crippen molar-refractivity contribution in [1.29, 1.82) is 0 Å². The summed E-state index contributed by atoms with van der Waals surface area (Å²) in [4.78, 5) is 25.8. The molecular weight excluding hydrogens is 278 g/mol. The number of Topliss-reactive ketones (excluding diaryl/α,β-unsaturated/α-hetero) is 1. The van der Waals surface area contributed by atoms with E-state index in [-0.39, 0.29) is 30.6 Å². The molecule has 0 saturated carbocycles. The van der Waals surface area contributed by atoms with E-state index in [1.165, 1.54) is 0 Å². The monoisotopic (exact) mass is 295 g/mol. The van der Waals surface area contributed by atoms with E-state index >= 15 is 0 Å². The maximum absolute atomic E-state index is 12.0. The molecule has 0 bridgehead atoms. The zero-order valence-electron chi connectivity index (χ0n) is 11.5. The number of benzene rings is 1. The van der Waals surface area contributed by atoms with Gasteiger partial charge in [-0.1, -0.05) is 11.6 Å². The second kappa shape index (κ2) is 6.86. The number of hydrogen-bond donors (Lipinski definition) is 0. The Labute approximate surface area is 123 Å². The van der Waals surface area contributed by atoms with Crippen LogP contribution < -0.4 is 0 Å². The summed E-state index contributed by atoms with van der Waals surface area (Å²) in [5.74, 6) is -0.0150. The van der Waals surface area contributed by atoms with Crippen molar-refractivity contribution in [2.24, 2.45) is 0 Å². The molecule has 5 heteroatoms. The Morgan fingerprint density at radius 1 is 1.30 bits per heavy atom. The Hall–Kier alpha value is -1.39. The van der Waals surface area contributed by atoms with Crippen molar-refractivity contribution in [3.63, 3.8) is 0 Å². The fourth-order valence-electron chi connectivity index (χ4n) is 2.20. The molecule has 0 radical (unpaired) electrons. The van der Waals surface area contributed by atoms with Crippen LogP contribution in [0, 0.1) is 0 Å². The van der Waals surface area contributed by atoms with Gasteiger partial charge in [0.05, 0.1) is 12.7 Å². The summed E-state index contributed by atoms with van der Waals surface area (Å²) in [7, 11) is 0. The lowest BCUT2D eigenvalue weighted by Gasteiger charge is -2.31. The molecule has 0 aromatic heterocycles. The summed E-state index contributed by atoms with van der Waals surface area (Å²) in [6.45, 7) is 3.72. The second-order valence-electron chi connectivity index (χ2n) is 4.95. The molecule has 0 spiro atoms. The molecule has 2 rings (SSSR count). The van der Waals surface area contributed by atoms with Gasteiger partial charge in [-0.25, -0.2) is 0 Å². The van der Waals surface area contributed by atoms with Gasteiger partial charge < -0.3 is 9.64 Å². The largest absolute Gasteiger partial charge is 0.375 e. The van der Waals surface area contributed by atoms with E-state index in [9.17, 15) is 9.59 Å². The normalized spacial score (nSPS) is 18.9. The molecule has 1 aliphatic heterocycles. The molecule has 4 nitrogen and oxygen atoms in total. The van der Waals surface area contributed by atoms with Gasteiger partial charge >= 0.3 is 0 Å². The minimum absolute atomic E-state index is 0.0162. The molecule has 20 heavy (non-hydrogen) atoms. The molecule has 1 heterocycles. The summed E-state index contributed by atoms with van der Waals surface area (Å²) in [6, 6.07) is 6.73. The van der Waals surface area contributed by atoms with Gasteiger partial charge in [-0.2, -0.15) is 0 Å². The molecule has 1 aliphatic rings. The van der Waals surface area contributed by atoms with Gasteiger partial charge in [0.15, 0.2) is 5.78 Å². The van der Waals surface area contributed by atoms with Crippen LogP contribution >= 0.6 is 11.6 Å². The van der Waals surface area contributed by atoms with Crippen LogP contribution in [0.25, 0.3) is 0 Å². The topological polar surface area (TPSA) is 46.6 Å². The van der Waals surface area contributed by atoms with Crippen LogP contribution in [-0.2, 0) is 9.53 Å². The molecule has 0 aliphatic carbocycles.